The second kappa shape index (κ2) is 6.96. The van der Waals surface area contributed by atoms with Crippen LogP contribution in [0.1, 0.15) is 24.2 Å². The Morgan fingerprint density at radius 2 is 1.88 bits per heavy atom. The number of nitrogens with zero attached hydrogens (tertiary/aromatic N) is 1. The lowest BCUT2D eigenvalue weighted by Gasteiger charge is -2.41. The molecule has 0 bridgehead atoms. The minimum atomic E-state index is 0.197. The van der Waals surface area contributed by atoms with E-state index in [4.69, 9.17) is 4.74 Å². The normalized spacial score (nSPS) is 25.1. The largest absolute Gasteiger partial charge is 0.373 e. The van der Waals surface area contributed by atoms with Gasteiger partial charge < -0.3 is 15.0 Å². The van der Waals surface area contributed by atoms with E-state index in [1.54, 1.807) is 0 Å². The molecule has 2 aliphatic heterocycles. The molecule has 0 aromatic heterocycles. The predicted molar refractivity (Wildman–Crippen MR) is 98.4 cm³/mol. The van der Waals surface area contributed by atoms with Crippen molar-refractivity contribution in [3.05, 3.63) is 65.7 Å². The summed E-state index contributed by atoms with van der Waals surface area (Å²) in [6.45, 7) is 6.29. The average Bonchev–Trinajstić information content (AvgIpc) is 2.68. The van der Waals surface area contributed by atoms with Gasteiger partial charge in [0.05, 0.1) is 12.7 Å². The number of piperazine rings is 1. The summed E-state index contributed by atoms with van der Waals surface area (Å²) in [6, 6.07) is 20.0. The molecule has 0 saturated carbocycles. The van der Waals surface area contributed by atoms with Crippen LogP contribution in [0.3, 0.4) is 0 Å². The maximum Gasteiger partial charge on any atom is 0.0868 e. The number of anilines is 1. The van der Waals surface area contributed by atoms with Crippen molar-refractivity contribution in [1.29, 1.82) is 0 Å². The van der Waals surface area contributed by atoms with E-state index in [0.29, 0.717) is 12.0 Å². The standard InChI is InChI=1S/C21H26N2O/c1-16(21-19-10-6-5-7-17(19)11-14-24-21)20-15-23(13-12-22-20)18-8-3-2-4-9-18/h2-10,16,20-22H,11-15H2,1H3. The summed E-state index contributed by atoms with van der Waals surface area (Å²) in [7, 11) is 0. The zero-order valence-electron chi connectivity index (χ0n) is 14.3. The molecule has 2 aromatic carbocycles. The molecule has 0 aliphatic carbocycles. The van der Waals surface area contributed by atoms with E-state index in [9.17, 15) is 0 Å². The van der Waals surface area contributed by atoms with Crippen molar-refractivity contribution in [2.45, 2.75) is 25.5 Å². The molecule has 126 valence electrons. The zero-order chi connectivity index (χ0) is 16.4. The number of hydrogen-bond donors (Lipinski definition) is 1. The molecular formula is C21H26N2O. The van der Waals surface area contributed by atoms with Gasteiger partial charge in [-0.15, -0.1) is 0 Å². The minimum absolute atomic E-state index is 0.197. The summed E-state index contributed by atoms with van der Waals surface area (Å²) in [4.78, 5) is 2.49. The van der Waals surface area contributed by atoms with E-state index in [0.717, 1.165) is 32.7 Å². The molecule has 0 amide bonds. The molecule has 3 unspecified atom stereocenters. The van der Waals surface area contributed by atoms with Gasteiger partial charge >= 0.3 is 0 Å². The van der Waals surface area contributed by atoms with Crippen LogP contribution in [0.2, 0.25) is 0 Å². The highest BCUT2D eigenvalue weighted by atomic mass is 16.5. The molecule has 1 N–H and O–H groups in total. The highest BCUT2D eigenvalue weighted by molar-refractivity contribution is 5.46. The van der Waals surface area contributed by atoms with E-state index in [-0.39, 0.29) is 6.10 Å². The Kier molecular flexibility index (Phi) is 4.54. The van der Waals surface area contributed by atoms with Gasteiger partial charge in [0.25, 0.3) is 0 Å². The van der Waals surface area contributed by atoms with Crippen molar-refractivity contribution in [3.8, 4) is 0 Å². The third kappa shape index (κ3) is 3.06. The van der Waals surface area contributed by atoms with E-state index >= 15 is 0 Å². The molecule has 0 radical (unpaired) electrons. The maximum absolute atomic E-state index is 6.20. The van der Waals surface area contributed by atoms with Crippen molar-refractivity contribution in [3.63, 3.8) is 0 Å². The zero-order valence-corrected chi connectivity index (χ0v) is 14.3. The highest BCUT2D eigenvalue weighted by Crippen LogP contribution is 2.35. The van der Waals surface area contributed by atoms with Gasteiger partial charge in [0.15, 0.2) is 0 Å². The van der Waals surface area contributed by atoms with Gasteiger partial charge in [0.2, 0.25) is 0 Å². The molecule has 0 spiro atoms. The van der Waals surface area contributed by atoms with Crippen molar-refractivity contribution in [2.75, 3.05) is 31.1 Å². The summed E-state index contributed by atoms with van der Waals surface area (Å²) in [5.74, 6) is 0.443. The molecule has 2 heterocycles. The fraction of sp³-hybridized carbons (Fsp3) is 0.429. The SMILES string of the molecule is CC(C1CN(c2ccccc2)CCN1)C1OCCc2ccccc21. The topological polar surface area (TPSA) is 24.5 Å². The lowest BCUT2D eigenvalue weighted by molar-refractivity contribution is -0.00538. The van der Waals surface area contributed by atoms with Crippen LogP contribution in [0.4, 0.5) is 5.69 Å². The summed E-state index contributed by atoms with van der Waals surface area (Å²) in [5, 5.41) is 3.73. The fourth-order valence-electron chi connectivity index (χ4n) is 4.07. The van der Waals surface area contributed by atoms with E-state index in [2.05, 4.69) is 71.7 Å². The molecule has 3 heteroatoms. The molecule has 3 atom stereocenters. The van der Waals surface area contributed by atoms with Crippen LogP contribution in [0.15, 0.2) is 54.6 Å². The number of nitrogens with one attached hydrogen (secondary N) is 1. The van der Waals surface area contributed by atoms with Crippen LogP contribution in [0.25, 0.3) is 0 Å². The molecule has 4 rings (SSSR count). The van der Waals surface area contributed by atoms with E-state index in [1.165, 1.54) is 16.8 Å². The second-order valence-electron chi connectivity index (χ2n) is 6.94. The first-order valence-electron chi connectivity index (χ1n) is 9.06. The van der Waals surface area contributed by atoms with Gasteiger partial charge in [-0.2, -0.15) is 0 Å². The number of para-hydroxylation sites is 1. The van der Waals surface area contributed by atoms with Crippen molar-refractivity contribution >= 4 is 5.69 Å². The second-order valence-corrected chi connectivity index (χ2v) is 6.94. The third-order valence-electron chi connectivity index (χ3n) is 5.47. The predicted octanol–water partition coefficient (Wildman–Crippen LogP) is 3.41. The van der Waals surface area contributed by atoms with Crippen LogP contribution >= 0.6 is 0 Å². The quantitative estimate of drug-likeness (QED) is 0.937. The molecule has 2 aromatic rings. The Hall–Kier alpha value is -1.84. The molecule has 24 heavy (non-hydrogen) atoms. The number of ether oxygens (including phenoxy) is 1. The van der Waals surface area contributed by atoms with Crippen LogP contribution in [0.5, 0.6) is 0 Å². The van der Waals surface area contributed by atoms with Gasteiger partial charge in [-0.05, 0) is 29.7 Å². The van der Waals surface area contributed by atoms with Crippen LogP contribution < -0.4 is 10.2 Å². The number of hydrogen-bond acceptors (Lipinski definition) is 3. The van der Waals surface area contributed by atoms with Gasteiger partial charge in [-0.3, -0.25) is 0 Å². The summed E-state index contributed by atoms with van der Waals surface area (Å²) >= 11 is 0. The number of benzene rings is 2. The monoisotopic (exact) mass is 322 g/mol. The van der Waals surface area contributed by atoms with E-state index in [1.807, 2.05) is 0 Å². The van der Waals surface area contributed by atoms with Crippen molar-refractivity contribution in [2.24, 2.45) is 5.92 Å². The Morgan fingerprint density at radius 3 is 2.75 bits per heavy atom. The van der Waals surface area contributed by atoms with Gasteiger partial charge in [-0.25, -0.2) is 0 Å². The fourth-order valence-corrected chi connectivity index (χ4v) is 4.07. The van der Waals surface area contributed by atoms with Crippen molar-refractivity contribution < 1.29 is 4.74 Å². The van der Waals surface area contributed by atoms with Gasteiger partial charge in [-0.1, -0.05) is 49.4 Å². The Morgan fingerprint density at radius 1 is 1.08 bits per heavy atom. The summed E-state index contributed by atoms with van der Waals surface area (Å²) < 4.78 is 6.20. The molecule has 1 fully saturated rings. The average molecular weight is 322 g/mol. The third-order valence-corrected chi connectivity index (χ3v) is 5.47. The Bertz CT molecular complexity index is 673. The van der Waals surface area contributed by atoms with Gasteiger partial charge in [0, 0.05) is 37.3 Å². The lowest BCUT2D eigenvalue weighted by Crippen LogP contribution is -2.54. The van der Waals surface area contributed by atoms with Gasteiger partial charge in [0.1, 0.15) is 0 Å². The summed E-state index contributed by atoms with van der Waals surface area (Å²) in [6.07, 6.45) is 1.23. The Labute approximate surface area is 144 Å². The van der Waals surface area contributed by atoms with Crippen LogP contribution in [-0.4, -0.2) is 32.3 Å². The molecule has 2 aliphatic rings. The first-order valence-corrected chi connectivity index (χ1v) is 9.06. The molecule has 3 nitrogen and oxygen atoms in total. The first kappa shape index (κ1) is 15.7. The van der Waals surface area contributed by atoms with E-state index < -0.39 is 0 Å². The van der Waals surface area contributed by atoms with Crippen molar-refractivity contribution in [1.82, 2.24) is 5.32 Å². The highest BCUT2D eigenvalue weighted by Gasteiger charge is 2.33. The smallest absolute Gasteiger partial charge is 0.0868 e. The van der Waals surface area contributed by atoms with Crippen LogP contribution in [0, 0.1) is 5.92 Å². The molecule has 1 saturated heterocycles. The first-order chi connectivity index (χ1) is 11.8. The number of rotatable bonds is 3. The summed E-state index contributed by atoms with van der Waals surface area (Å²) in [5.41, 5.74) is 4.16. The Balaban J connectivity index is 1.51. The molecular weight excluding hydrogens is 296 g/mol. The van der Waals surface area contributed by atoms with Crippen LogP contribution in [-0.2, 0) is 11.2 Å². The minimum Gasteiger partial charge on any atom is -0.373 e. The number of fused-ring (bicyclic) bond motifs is 1. The maximum atomic E-state index is 6.20. The lowest BCUT2D eigenvalue weighted by atomic mass is 9.85.